The number of carbonyl (C=O) groups excluding carboxylic acids is 2. The average Bonchev–Trinajstić information content (AvgIpc) is 2.72. The van der Waals surface area contributed by atoms with Crippen molar-refractivity contribution < 1.29 is 19.1 Å². The Morgan fingerprint density at radius 3 is 2.07 bits per heavy atom. The third kappa shape index (κ3) is 5.46. The summed E-state index contributed by atoms with van der Waals surface area (Å²) in [6.45, 7) is 3.54. The molecule has 0 amide bonds. The van der Waals surface area contributed by atoms with Crippen molar-refractivity contribution in [3.8, 4) is 5.75 Å². The molecule has 0 aromatic heterocycles. The number of para-hydroxylation sites is 1. The number of aryl methyl sites for hydroxylation is 2. The van der Waals surface area contributed by atoms with Crippen LogP contribution in [0, 0.1) is 13.8 Å². The van der Waals surface area contributed by atoms with Crippen molar-refractivity contribution in [1.29, 1.82) is 0 Å². The maximum absolute atomic E-state index is 13.1. The van der Waals surface area contributed by atoms with Crippen LogP contribution in [0.1, 0.15) is 33.2 Å². The third-order valence-corrected chi connectivity index (χ3v) is 4.70. The fourth-order valence-corrected chi connectivity index (χ4v) is 2.94. The number of rotatable bonds is 7. The van der Waals surface area contributed by atoms with E-state index in [1.165, 1.54) is 0 Å². The maximum Gasteiger partial charge on any atom is 0.345 e. The zero-order valence-electron chi connectivity index (χ0n) is 16.2. The van der Waals surface area contributed by atoms with Crippen molar-refractivity contribution in [2.24, 2.45) is 0 Å². The van der Waals surface area contributed by atoms with Crippen LogP contribution in [0.15, 0.2) is 72.8 Å². The lowest BCUT2D eigenvalue weighted by Crippen LogP contribution is -2.23. The van der Waals surface area contributed by atoms with Crippen molar-refractivity contribution in [3.63, 3.8) is 0 Å². The van der Waals surface area contributed by atoms with Gasteiger partial charge in [-0.15, -0.1) is 0 Å². The average molecular weight is 409 g/mol. The molecule has 148 valence electrons. The van der Waals surface area contributed by atoms with E-state index >= 15 is 0 Å². The molecule has 3 aromatic rings. The lowest BCUT2D eigenvalue weighted by molar-refractivity contribution is -0.149. The summed E-state index contributed by atoms with van der Waals surface area (Å²) in [7, 11) is 0. The first kappa shape index (κ1) is 20.6. The van der Waals surface area contributed by atoms with Crippen LogP contribution in [0.3, 0.4) is 0 Å². The highest BCUT2D eigenvalue weighted by Crippen LogP contribution is 2.25. The SMILES string of the molecule is Cc1ccc(C(=O)[C@@H](OC(=O)COc2ccccc2Cl)c2ccc(C)cc2)cc1. The summed E-state index contributed by atoms with van der Waals surface area (Å²) in [6, 6.07) is 21.3. The van der Waals surface area contributed by atoms with Gasteiger partial charge in [0.15, 0.2) is 12.7 Å². The zero-order valence-corrected chi connectivity index (χ0v) is 17.0. The van der Waals surface area contributed by atoms with Gasteiger partial charge >= 0.3 is 5.97 Å². The molecule has 0 N–H and O–H groups in total. The van der Waals surface area contributed by atoms with E-state index in [1.54, 1.807) is 48.5 Å². The molecule has 0 spiro atoms. The molecule has 0 aliphatic heterocycles. The second kappa shape index (κ2) is 9.39. The van der Waals surface area contributed by atoms with Gasteiger partial charge in [0.1, 0.15) is 5.75 Å². The van der Waals surface area contributed by atoms with Crippen molar-refractivity contribution in [2.75, 3.05) is 6.61 Å². The Morgan fingerprint density at radius 1 is 0.862 bits per heavy atom. The quantitative estimate of drug-likeness (QED) is 0.382. The van der Waals surface area contributed by atoms with Gasteiger partial charge in [0, 0.05) is 11.1 Å². The van der Waals surface area contributed by atoms with Gasteiger partial charge in [-0.1, -0.05) is 83.4 Å². The summed E-state index contributed by atoms with van der Waals surface area (Å²) in [6.07, 6.45) is -1.05. The number of benzene rings is 3. The Morgan fingerprint density at radius 2 is 1.45 bits per heavy atom. The predicted octanol–water partition coefficient (Wildman–Crippen LogP) is 5.50. The van der Waals surface area contributed by atoms with Crippen LogP contribution in [-0.2, 0) is 9.53 Å². The molecule has 5 heteroatoms. The number of halogens is 1. The van der Waals surface area contributed by atoms with Crippen molar-refractivity contribution in [1.82, 2.24) is 0 Å². The van der Waals surface area contributed by atoms with E-state index in [9.17, 15) is 9.59 Å². The number of hydrogen-bond acceptors (Lipinski definition) is 4. The molecule has 0 bridgehead atoms. The minimum atomic E-state index is -1.05. The van der Waals surface area contributed by atoms with Crippen LogP contribution in [0.2, 0.25) is 5.02 Å². The van der Waals surface area contributed by atoms with Crippen molar-refractivity contribution in [3.05, 3.63) is 100 Å². The Bertz CT molecular complexity index is 994. The largest absolute Gasteiger partial charge is 0.480 e. The Labute approximate surface area is 175 Å². The molecule has 1 atom stereocenters. The second-order valence-corrected chi connectivity index (χ2v) is 7.14. The summed E-state index contributed by atoms with van der Waals surface area (Å²) >= 11 is 6.04. The molecule has 0 saturated carbocycles. The van der Waals surface area contributed by atoms with Crippen LogP contribution in [0.5, 0.6) is 5.75 Å². The molecular weight excluding hydrogens is 388 g/mol. The smallest absolute Gasteiger partial charge is 0.345 e. The molecule has 4 nitrogen and oxygen atoms in total. The third-order valence-electron chi connectivity index (χ3n) is 4.39. The minimum absolute atomic E-state index is 0.292. The lowest BCUT2D eigenvalue weighted by atomic mass is 9.98. The number of esters is 1. The van der Waals surface area contributed by atoms with E-state index in [4.69, 9.17) is 21.1 Å². The van der Waals surface area contributed by atoms with E-state index < -0.39 is 12.1 Å². The maximum atomic E-state index is 13.1. The first-order valence-electron chi connectivity index (χ1n) is 9.18. The Hall–Kier alpha value is -3.11. The second-order valence-electron chi connectivity index (χ2n) is 6.73. The summed E-state index contributed by atoms with van der Waals surface area (Å²) in [5, 5.41) is 0.395. The van der Waals surface area contributed by atoms with E-state index in [0.29, 0.717) is 21.9 Å². The predicted molar refractivity (Wildman–Crippen MR) is 112 cm³/mol. The van der Waals surface area contributed by atoms with E-state index in [-0.39, 0.29) is 12.4 Å². The molecule has 0 aliphatic carbocycles. The van der Waals surface area contributed by atoms with Gasteiger partial charge in [0.05, 0.1) is 5.02 Å². The first-order chi connectivity index (χ1) is 13.9. The number of ether oxygens (including phenoxy) is 2. The molecule has 0 aliphatic rings. The highest BCUT2D eigenvalue weighted by atomic mass is 35.5. The molecule has 0 saturated heterocycles. The monoisotopic (exact) mass is 408 g/mol. The van der Waals surface area contributed by atoms with Crippen LogP contribution >= 0.6 is 11.6 Å². The Kier molecular flexibility index (Phi) is 6.68. The lowest BCUT2D eigenvalue weighted by Gasteiger charge is -2.18. The molecule has 0 heterocycles. The van der Waals surface area contributed by atoms with Gasteiger partial charge in [0.25, 0.3) is 0 Å². The van der Waals surface area contributed by atoms with Gasteiger partial charge in [-0.05, 0) is 26.0 Å². The number of hydrogen-bond donors (Lipinski definition) is 0. The van der Waals surface area contributed by atoms with Gasteiger partial charge in [-0.3, -0.25) is 4.79 Å². The van der Waals surface area contributed by atoms with Gasteiger partial charge in [-0.25, -0.2) is 4.79 Å². The van der Waals surface area contributed by atoms with Crippen LogP contribution in [0.25, 0.3) is 0 Å². The molecule has 0 unspecified atom stereocenters. The Balaban J connectivity index is 1.78. The fourth-order valence-electron chi connectivity index (χ4n) is 2.75. The van der Waals surface area contributed by atoms with Crippen LogP contribution in [0.4, 0.5) is 0 Å². The first-order valence-corrected chi connectivity index (χ1v) is 9.56. The molecule has 0 fully saturated rings. The van der Waals surface area contributed by atoms with Crippen LogP contribution < -0.4 is 4.74 Å². The van der Waals surface area contributed by atoms with Crippen LogP contribution in [-0.4, -0.2) is 18.4 Å². The van der Waals surface area contributed by atoms with Crippen molar-refractivity contribution in [2.45, 2.75) is 20.0 Å². The summed E-state index contributed by atoms with van der Waals surface area (Å²) in [4.78, 5) is 25.5. The summed E-state index contributed by atoms with van der Waals surface area (Å²) in [5.41, 5.74) is 3.16. The van der Waals surface area contributed by atoms with Crippen molar-refractivity contribution >= 4 is 23.4 Å². The molecule has 3 aromatic carbocycles. The topological polar surface area (TPSA) is 52.6 Å². The summed E-state index contributed by atoms with van der Waals surface area (Å²) in [5.74, 6) is -0.571. The van der Waals surface area contributed by atoms with E-state index in [1.807, 2.05) is 38.1 Å². The van der Waals surface area contributed by atoms with Gasteiger partial charge in [0.2, 0.25) is 5.78 Å². The standard InChI is InChI=1S/C24H21ClO4/c1-16-7-11-18(12-8-16)23(27)24(19-13-9-17(2)10-14-19)29-22(26)15-28-21-6-4-3-5-20(21)25/h3-14,24H,15H2,1-2H3/t24-/m0/s1. The van der Waals surface area contributed by atoms with Gasteiger partial charge in [-0.2, -0.15) is 0 Å². The fraction of sp³-hybridized carbons (Fsp3) is 0.167. The molecular formula is C24H21ClO4. The number of ketones is 1. The van der Waals surface area contributed by atoms with E-state index in [2.05, 4.69) is 0 Å². The normalized spacial score (nSPS) is 11.6. The minimum Gasteiger partial charge on any atom is -0.480 e. The zero-order chi connectivity index (χ0) is 20.8. The summed E-state index contributed by atoms with van der Waals surface area (Å²) < 4.78 is 11.0. The molecule has 0 radical (unpaired) electrons. The highest BCUT2D eigenvalue weighted by Gasteiger charge is 2.26. The van der Waals surface area contributed by atoms with Gasteiger partial charge < -0.3 is 9.47 Å². The molecule has 29 heavy (non-hydrogen) atoms. The number of Topliss-reactive ketones (excluding diaryl/α,β-unsaturated/α-hetero) is 1. The highest BCUT2D eigenvalue weighted by molar-refractivity contribution is 6.32. The number of carbonyl (C=O) groups is 2. The molecule has 3 rings (SSSR count). The van der Waals surface area contributed by atoms with E-state index in [0.717, 1.165) is 11.1 Å².